The van der Waals surface area contributed by atoms with Crippen molar-refractivity contribution in [2.45, 2.75) is 6.04 Å². The highest BCUT2D eigenvalue weighted by Gasteiger charge is 2.44. The predicted octanol–water partition coefficient (Wildman–Crippen LogP) is 2.78. The van der Waals surface area contributed by atoms with Crippen LogP contribution in [0.2, 0.25) is 0 Å². The maximum Gasteiger partial charge on any atom is 0.239 e. The first-order valence-electron chi connectivity index (χ1n) is 10.9. The molecular formula is C28H16ClN2O4+. The Morgan fingerprint density at radius 3 is 1.91 bits per heavy atom. The third kappa shape index (κ3) is 2.68. The van der Waals surface area contributed by atoms with Crippen LogP contribution in [-0.4, -0.2) is 34.9 Å². The van der Waals surface area contributed by atoms with Crippen LogP contribution in [-0.2, 0) is 0 Å². The molecule has 168 valence electrons. The van der Waals surface area contributed by atoms with E-state index >= 15 is 0 Å². The second-order valence-electron chi connectivity index (χ2n) is 8.64. The summed E-state index contributed by atoms with van der Waals surface area (Å²) < 4.78 is 0. The van der Waals surface area contributed by atoms with Gasteiger partial charge >= 0.3 is 0 Å². The van der Waals surface area contributed by atoms with E-state index < -0.39 is 6.04 Å². The number of Topliss-reactive ketones (excluding diaryl/α,β-unsaturated/α-hetero) is 2. The molecule has 1 aliphatic heterocycles. The lowest BCUT2D eigenvalue weighted by atomic mass is 9.76. The fraction of sp³-hybridized carbons (Fsp3) is 0.0357. The largest absolute Gasteiger partial charge is 0.364 e. The van der Waals surface area contributed by atoms with Gasteiger partial charge in [0.1, 0.15) is 17.3 Å². The van der Waals surface area contributed by atoms with Crippen molar-refractivity contribution in [2.75, 3.05) is 5.32 Å². The van der Waals surface area contributed by atoms with E-state index in [0.29, 0.717) is 61.6 Å². The number of hydrogen-bond donors (Lipinski definition) is 2. The zero-order chi connectivity index (χ0) is 23.1. The minimum Gasteiger partial charge on any atom is -0.364 e. The zero-order valence-electron chi connectivity index (χ0n) is 18.0. The molecule has 0 radical (unpaired) electrons. The molecule has 35 heavy (non-hydrogen) atoms. The molecule has 0 spiro atoms. The molecule has 1 atom stereocenters. The van der Waals surface area contributed by atoms with Crippen molar-refractivity contribution in [1.29, 1.82) is 0 Å². The number of hydrogen-bond acceptors (Lipinski definition) is 5. The van der Waals surface area contributed by atoms with E-state index in [1.165, 1.54) is 0 Å². The number of halogens is 1. The molecule has 1 unspecified atom stereocenters. The topological polar surface area (TPSA) is 94.3 Å². The average Bonchev–Trinajstić information content (AvgIpc) is 2.88. The van der Waals surface area contributed by atoms with Gasteiger partial charge in [-0.3, -0.25) is 19.2 Å². The summed E-state index contributed by atoms with van der Waals surface area (Å²) in [7, 11) is 0. The summed E-state index contributed by atoms with van der Waals surface area (Å²) in [6.07, 6.45) is 3.40. The molecule has 0 saturated heterocycles. The monoisotopic (exact) mass is 479 g/mol. The van der Waals surface area contributed by atoms with E-state index in [1.54, 1.807) is 72.8 Å². The molecule has 1 heterocycles. The summed E-state index contributed by atoms with van der Waals surface area (Å²) in [5.74, 6) is -0.812. The number of anilines is 1. The van der Waals surface area contributed by atoms with E-state index in [-0.39, 0.29) is 35.5 Å². The van der Waals surface area contributed by atoms with Crippen molar-refractivity contribution in [1.82, 2.24) is 0 Å². The lowest BCUT2D eigenvalue weighted by molar-refractivity contribution is -0.355. The Hall–Kier alpha value is -4.42. The fourth-order valence-corrected chi connectivity index (χ4v) is 5.29. The molecule has 0 saturated carbocycles. The van der Waals surface area contributed by atoms with Crippen molar-refractivity contribution in [3.05, 3.63) is 117 Å². The first kappa shape index (κ1) is 21.1. The Balaban J connectivity index is 0.00000229. The van der Waals surface area contributed by atoms with Gasteiger partial charge in [0.15, 0.2) is 17.3 Å². The van der Waals surface area contributed by atoms with Crippen LogP contribution in [0.25, 0.3) is 0 Å². The van der Waals surface area contributed by atoms with Crippen molar-refractivity contribution < 1.29 is 24.2 Å². The third-order valence-electron chi connectivity index (χ3n) is 6.89. The summed E-state index contributed by atoms with van der Waals surface area (Å²) in [5, 5.41) is 3.34. The molecular weight excluding hydrogens is 464 g/mol. The smallest absolute Gasteiger partial charge is 0.239 e. The predicted molar refractivity (Wildman–Crippen MR) is 131 cm³/mol. The Kier molecular flexibility index (Phi) is 4.40. The number of allylic oxidation sites excluding steroid dienone is 2. The Bertz CT molecular complexity index is 1660. The van der Waals surface area contributed by atoms with Gasteiger partial charge in [-0.25, -0.2) is 4.99 Å². The number of ketones is 4. The van der Waals surface area contributed by atoms with Gasteiger partial charge in [0, 0.05) is 45.0 Å². The summed E-state index contributed by atoms with van der Waals surface area (Å²) in [6.45, 7) is 0. The minimum absolute atomic E-state index is 0. The lowest BCUT2D eigenvalue weighted by Crippen LogP contribution is -2.74. The Labute approximate surface area is 205 Å². The normalized spacial score (nSPS) is 18.7. The number of carbonyl (C=O) groups is 4. The van der Waals surface area contributed by atoms with Crippen LogP contribution in [0.1, 0.15) is 52.6 Å². The summed E-state index contributed by atoms with van der Waals surface area (Å²) in [4.78, 5) is 56.3. The molecule has 7 rings (SSSR count). The third-order valence-corrected chi connectivity index (χ3v) is 6.89. The number of fused-ring (bicyclic) bond motifs is 7. The molecule has 0 fully saturated rings. The quantitative estimate of drug-likeness (QED) is 0.404. The number of carbonyl (C=O) groups excluding carboxylic acids is 4. The molecule has 7 heteroatoms. The van der Waals surface area contributed by atoms with Crippen LogP contribution in [0.15, 0.2) is 84.0 Å². The van der Waals surface area contributed by atoms with E-state index in [2.05, 4.69) is 10.3 Å². The SMILES string of the molecule is Cl.O=C1C2=C(C(=O)c3ccccc31)C1Nc3ccc4c(c3[NH+]=C1C=C2)C(=O)c1ccccc1C4=O. The van der Waals surface area contributed by atoms with Crippen LogP contribution in [0.5, 0.6) is 0 Å². The molecule has 0 aromatic heterocycles. The van der Waals surface area contributed by atoms with Crippen LogP contribution >= 0.6 is 12.4 Å². The van der Waals surface area contributed by atoms with Crippen molar-refractivity contribution in [3.63, 3.8) is 0 Å². The van der Waals surface area contributed by atoms with Crippen molar-refractivity contribution in [3.8, 4) is 0 Å². The van der Waals surface area contributed by atoms with Crippen molar-refractivity contribution >= 4 is 52.6 Å². The maximum absolute atomic E-state index is 13.4. The molecule has 3 aromatic rings. The standard InChI is InChI=1S/C28H14N2O4.ClH/c31-25-13-5-1-3-7-15(13)27(33)21-17(25)9-11-19-23(21)29-20-12-10-18-22(24(20)30-19)28(34)16-8-4-2-6-14(16)26(18)32;/h1-12,23,29H;1H/p+1. The van der Waals surface area contributed by atoms with E-state index in [0.717, 1.165) is 0 Å². The minimum atomic E-state index is -0.572. The highest BCUT2D eigenvalue weighted by molar-refractivity contribution is 6.33. The summed E-state index contributed by atoms with van der Waals surface area (Å²) >= 11 is 0. The van der Waals surface area contributed by atoms with Crippen LogP contribution in [0, 0.1) is 0 Å². The highest BCUT2D eigenvalue weighted by Crippen LogP contribution is 2.38. The highest BCUT2D eigenvalue weighted by atomic mass is 35.5. The van der Waals surface area contributed by atoms with Crippen molar-refractivity contribution in [2.24, 2.45) is 0 Å². The Morgan fingerprint density at radius 1 is 0.629 bits per heavy atom. The molecule has 6 nitrogen and oxygen atoms in total. The molecule has 0 bridgehead atoms. The number of nitrogens with one attached hydrogen (secondary N) is 2. The van der Waals surface area contributed by atoms with Crippen LogP contribution in [0.4, 0.5) is 11.4 Å². The van der Waals surface area contributed by atoms with Gasteiger partial charge in [0.05, 0.1) is 0 Å². The molecule has 3 aliphatic carbocycles. The number of rotatable bonds is 0. The van der Waals surface area contributed by atoms with Crippen LogP contribution < -0.4 is 10.3 Å². The molecule has 4 aliphatic rings. The first-order valence-corrected chi connectivity index (χ1v) is 10.9. The molecule has 2 N–H and O–H groups in total. The van der Waals surface area contributed by atoms with E-state index in [9.17, 15) is 19.2 Å². The van der Waals surface area contributed by atoms with Crippen LogP contribution in [0.3, 0.4) is 0 Å². The van der Waals surface area contributed by atoms with Gasteiger partial charge in [-0.15, -0.1) is 12.4 Å². The average molecular weight is 480 g/mol. The van der Waals surface area contributed by atoms with Gasteiger partial charge in [-0.2, -0.15) is 0 Å². The van der Waals surface area contributed by atoms with Gasteiger partial charge in [0.25, 0.3) is 0 Å². The second kappa shape index (κ2) is 7.29. The van der Waals surface area contributed by atoms with E-state index in [4.69, 9.17) is 0 Å². The molecule has 0 amide bonds. The number of benzene rings is 3. The van der Waals surface area contributed by atoms with Gasteiger partial charge < -0.3 is 5.32 Å². The second-order valence-corrected chi connectivity index (χ2v) is 8.64. The maximum atomic E-state index is 13.4. The fourth-order valence-electron chi connectivity index (χ4n) is 5.29. The van der Waals surface area contributed by atoms with E-state index in [1.807, 2.05) is 0 Å². The summed E-state index contributed by atoms with van der Waals surface area (Å²) in [5.41, 5.74) is 4.68. The van der Waals surface area contributed by atoms with Gasteiger partial charge in [-0.1, -0.05) is 48.5 Å². The Morgan fingerprint density at radius 2 is 1.23 bits per heavy atom. The summed E-state index contributed by atoms with van der Waals surface area (Å²) in [6, 6.07) is 16.4. The first-order chi connectivity index (χ1) is 16.5. The van der Waals surface area contributed by atoms with Gasteiger partial charge in [0.2, 0.25) is 17.2 Å². The zero-order valence-corrected chi connectivity index (χ0v) is 18.9. The van der Waals surface area contributed by atoms with Gasteiger partial charge in [-0.05, 0) is 18.2 Å². The lowest BCUT2D eigenvalue weighted by Gasteiger charge is -2.30. The molecule has 3 aromatic carbocycles.